The molecule has 0 saturated heterocycles. The molecule has 126 valence electrons. The third-order valence-electron chi connectivity index (χ3n) is 6.21. The molecule has 0 radical (unpaired) electrons. The van der Waals surface area contributed by atoms with Gasteiger partial charge in [-0.3, -0.25) is 4.79 Å². The summed E-state index contributed by atoms with van der Waals surface area (Å²) in [7, 11) is 0. The van der Waals surface area contributed by atoms with Gasteiger partial charge in [0.05, 0.1) is 6.10 Å². The van der Waals surface area contributed by atoms with Crippen molar-refractivity contribution >= 4 is 5.78 Å². The maximum Gasteiger partial charge on any atom is 0.223 e. The van der Waals surface area contributed by atoms with Gasteiger partial charge in [0, 0.05) is 16.6 Å². The van der Waals surface area contributed by atoms with Crippen molar-refractivity contribution < 1.29 is 15.0 Å². The quantitative estimate of drug-likeness (QED) is 0.766. The predicted octanol–water partition coefficient (Wildman–Crippen LogP) is 4.10. The molecule has 0 aromatic heterocycles. The van der Waals surface area contributed by atoms with Gasteiger partial charge in [0.1, 0.15) is 0 Å². The summed E-state index contributed by atoms with van der Waals surface area (Å²) in [4.78, 5) is 12.6. The number of allylic oxidation sites excluding steroid dienone is 5. The van der Waals surface area contributed by atoms with Gasteiger partial charge in [0.15, 0.2) is 5.76 Å². The van der Waals surface area contributed by atoms with Gasteiger partial charge in [-0.15, -0.1) is 0 Å². The number of rotatable bonds is 1. The highest BCUT2D eigenvalue weighted by molar-refractivity contribution is 6.10. The van der Waals surface area contributed by atoms with E-state index in [4.69, 9.17) is 0 Å². The lowest BCUT2D eigenvalue weighted by atomic mass is 9.49. The van der Waals surface area contributed by atoms with Crippen LogP contribution in [-0.2, 0) is 4.79 Å². The van der Waals surface area contributed by atoms with Crippen molar-refractivity contribution in [3.05, 3.63) is 34.6 Å². The first kappa shape index (κ1) is 16.5. The lowest BCUT2D eigenvalue weighted by molar-refractivity contribution is -0.115. The summed E-state index contributed by atoms with van der Waals surface area (Å²) in [6.45, 7) is 10.4. The molecule has 23 heavy (non-hydrogen) atoms. The second-order valence-corrected chi connectivity index (χ2v) is 8.72. The highest BCUT2D eigenvalue weighted by atomic mass is 16.3. The van der Waals surface area contributed by atoms with Crippen molar-refractivity contribution in [2.24, 2.45) is 22.7 Å². The third kappa shape index (κ3) is 2.32. The molecule has 0 aromatic rings. The minimum Gasteiger partial charge on any atom is -0.504 e. The van der Waals surface area contributed by atoms with Crippen molar-refractivity contribution in [3.63, 3.8) is 0 Å². The molecule has 3 aliphatic carbocycles. The Morgan fingerprint density at radius 2 is 1.87 bits per heavy atom. The molecule has 0 aliphatic heterocycles. The summed E-state index contributed by atoms with van der Waals surface area (Å²) in [6, 6.07) is 0. The van der Waals surface area contributed by atoms with E-state index in [9.17, 15) is 15.0 Å². The summed E-state index contributed by atoms with van der Waals surface area (Å²) in [5, 5.41) is 21.1. The largest absolute Gasteiger partial charge is 0.504 e. The lowest BCUT2D eigenvalue weighted by Gasteiger charge is -2.56. The first-order valence-electron chi connectivity index (χ1n) is 8.66. The van der Waals surface area contributed by atoms with Crippen LogP contribution in [0.3, 0.4) is 0 Å². The first-order valence-corrected chi connectivity index (χ1v) is 8.66. The molecule has 1 unspecified atom stereocenters. The smallest absolute Gasteiger partial charge is 0.223 e. The Morgan fingerprint density at radius 3 is 2.48 bits per heavy atom. The van der Waals surface area contributed by atoms with Gasteiger partial charge in [-0.2, -0.15) is 0 Å². The Morgan fingerprint density at radius 1 is 1.22 bits per heavy atom. The molecule has 3 aliphatic rings. The van der Waals surface area contributed by atoms with E-state index >= 15 is 0 Å². The fourth-order valence-electron chi connectivity index (χ4n) is 5.30. The normalized spacial score (nSPS) is 36.4. The standard InChI is InChI=1S/C20H28O3/c1-11(2)14-8-12-6-7-15-19(3,4)9-13(21)10-20(15,5)16(12)18(23)17(14)22/h6,8,11,13,15,21,23H,7,9-10H2,1-5H3/t13-,15?,20-/m0/s1. The van der Waals surface area contributed by atoms with Crippen LogP contribution in [0.5, 0.6) is 0 Å². The number of ketones is 1. The third-order valence-corrected chi connectivity index (χ3v) is 6.21. The van der Waals surface area contributed by atoms with E-state index in [2.05, 4.69) is 26.8 Å². The molecular weight excluding hydrogens is 288 g/mol. The fourth-order valence-corrected chi connectivity index (χ4v) is 5.30. The molecule has 3 rings (SSSR count). The van der Waals surface area contributed by atoms with Crippen molar-refractivity contribution in [2.45, 2.75) is 60.0 Å². The van der Waals surface area contributed by atoms with E-state index in [1.807, 2.05) is 19.9 Å². The van der Waals surface area contributed by atoms with Crippen molar-refractivity contribution in [1.82, 2.24) is 0 Å². The van der Waals surface area contributed by atoms with E-state index in [1.54, 1.807) is 0 Å². The van der Waals surface area contributed by atoms with Crippen LogP contribution < -0.4 is 0 Å². The van der Waals surface area contributed by atoms with Crippen LogP contribution in [0.4, 0.5) is 0 Å². The van der Waals surface area contributed by atoms with E-state index in [0.717, 1.165) is 24.0 Å². The number of carbonyl (C=O) groups is 1. The summed E-state index contributed by atoms with van der Waals surface area (Å²) in [5.74, 6) is 0.0681. The maximum absolute atomic E-state index is 12.6. The van der Waals surface area contributed by atoms with E-state index in [1.165, 1.54) is 0 Å². The summed E-state index contributed by atoms with van der Waals surface area (Å²) in [5.41, 5.74) is 2.04. The number of hydrogen-bond acceptors (Lipinski definition) is 3. The zero-order chi connectivity index (χ0) is 17.2. The molecule has 0 aromatic carbocycles. The number of aliphatic hydroxyl groups is 2. The van der Waals surface area contributed by atoms with Crippen LogP contribution in [0.15, 0.2) is 34.6 Å². The highest BCUT2D eigenvalue weighted by Gasteiger charge is 2.54. The Balaban J connectivity index is 2.17. The van der Waals surface area contributed by atoms with Crippen LogP contribution in [0.25, 0.3) is 0 Å². The van der Waals surface area contributed by atoms with Gasteiger partial charge in [0.2, 0.25) is 5.78 Å². The molecule has 3 atom stereocenters. The van der Waals surface area contributed by atoms with E-state index < -0.39 is 6.10 Å². The monoisotopic (exact) mass is 316 g/mol. The molecule has 0 spiro atoms. The van der Waals surface area contributed by atoms with Crippen LogP contribution >= 0.6 is 0 Å². The van der Waals surface area contributed by atoms with Crippen LogP contribution in [0, 0.1) is 22.7 Å². The molecule has 1 saturated carbocycles. The Hall–Kier alpha value is -1.35. The highest BCUT2D eigenvalue weighted by Crippen LogP contribution is 2.61. The number of carbonyl (C=O) groups excluding carboxylic acids is 1. The topological polar surface area (TPSA) is 57.5 Å². The van der Waals surface area contributed by atoms with Gasteiger partial charge >= 0.3 is 0 Å². The van der Waals surface area contributed by atoms with Gasteiger partial charge < -0.3 is 10.2 Å². The Labute approximate surface area is 138 Å². The van der Waals surface area contributed by atoms with E-state index in [0.29, 0.717) is 17.9 Å². The number of hydrogen-bond donors (Lipinski definition) is 2. The number of aliphatic hydroxyl groups excluding tert-OH is 2. The SMILES string of the molecule is CC(C)C1=CC2=CCC3C(C)(C)C[C@H](O)C[C@]3(C)C2=C(O)C1=O. The molecule has 2 N–H and O–H groups in total. The fraction of sp³-hybridized carbons (Fsp3) is 0.650. The molecular formula is C20H28O3. The summed E-state index contributed by atoms with van der Waals surface area (Å²) < 4.78 is 0. The Kier molecular flexibility index (Phi) is 3.64. The predicted molar refractivity (Wildman–Crippen MR) is 90.9 cm³/mol. The van der Waals surface area contributed by atoms with Gasteiger partial charge in [-0.25, -0.2) is 0 Å². The lowest BCUT2D eigenvalue weighted by Crippen LogP contribution is -2.50. The Bertz CT molecular complexity index is 648. The van der Waals surface area contributed by atoms with Crippen molar-refractivity contribution in [1.29, 1.82) is 0 Å². The van der Waals surface area contributed by atoms with Gasteiger partial charge in [0.25, 0.3) is 0 Å². The first-order chi connectivity index (χ1) is 10.6. The second-order valence-electron chi connectivity index (χ2n) is 8.72. The minimum atomic E-state index is -0.392. The van der Waals surface area contributed by atoms with Crippen LogP contribution in [-0.4, -0.2) is 22.1 Å². The molecule has 1 fully saturated rings. The number of Topliss-reactive ketones (excluding diaryl/α,β-unsaturated/α-hetero) is 1. The second kappa shape index (κ2) is 5.07. The molecule has 3 heteroatoms. The summed E-state index contributed by atoms with van der Waals surface area (Å²) >= 11 is 0. The average Bonchev–Trinajstić information content (AvgIpc) is 2.39. The zero-order valence-corrected chi connectivity index (χ0v) is 14.8. The van der Waals surface area contributed by atoms with Crippen LogP contribution in [0.2, 0.25) is 0 Å². The molecule has 0 heterocycles. The minimum absolute atomic E-state index is 0.0210. The maximum atomic E-state index is 12.6. The average molecular weight is 316 g/mol. The molecule has 0 bridgehead atoms. The van der Waals surface area contributed by atoms with E-state index in [-0.39, 0.29) is 28.3 Å². The summed E-state index contributed by atoms with van der Waals surface area (Å²) in [6.07, 6.45) is 6.04. The van der Waals surface area contributed by atoms with Crippen LogP contribution in [0.1, 0.15) is 53.9 Å². The zero-order valence-electron chi connectivity index (χ0n) is 14.8. The number of fused-ring (bicyclic) bond motifs is 3. The van der Waals surface area contributed by atoms with Gasteiger partial charge in [-0.1, -0.05) is 40.7 Å². The van der Waals surface area contributed by atoms with Gasteiger partial charge in [-0.05, 0) is 48.2 Å². The van der Waals surface area contributed by atoms with Crippen molar-refractivity contribution in [3.8, 4) is 0 Å². The molecule has 0 amide bonds. The molecule has 3 nitrogen and oxygen atoms in total. The van der Waals surface area contributed by atoms with Crippen molar-refractivity contribution in [2.75, 3.05) is 0 Å².